The molecule has 0 amide bonds. The average molecular weight is 361 g/mol. The molecule has 1 rings (SSSR count). The lowest BCUT2D eigenvalue weighted by atomic mass is 9.99. The molecular weight excluding hydrogens is 334 g/mol. The van der Waals surface area contributed by atoms with Crippen molar-refractivity contribution in [2.75, 3.05) is 6.54 Å². The van der Waals surface area contributed by atoms with E-state index in [0.29, 0.717) is 6.04 Å². The minimum atomic E-state index is 0.429. The highest BCUT2D eigenvalue weighted by Crippen LogP contribution is 2.29. The Bertz CT molecular complexity index is 381. The summed E-state index contributed by atoms with van der Waals surface area (Å²) in [7, 11) is 0. The van der Waals surface area contributed by atoms with Crippen LogP contribution in [0.15, 0.2) is 22.7 Å². The molecule has 1 aromatic carbocycles. The molecule has 0 saturated heterocycles. The molecule has 20 heavy (non-hydrogen) atoms. The molecule has 1 aromatic rings. The monoisotopic (exact) mass is 359 g/mol. The SMILES string of the molecule is CCCCCCCCC(NCC)c1ccc(Cl)cc1Br. The summed E-state index contributed by atoms with van der Waals surface area (Å²) in [4.78, 5) is 0. The van der Waals surface area contributed by atoms with E-state index in [-0.39, 0.29) is 0 Å². The van der Waals surface area contributed by atoms with Crippen molar-refractivity contribution in [3.63, 3.8) is 0 Å². The second-order valence-electron chi connectivity index (χ2n) is 5.33. The summed E-state index contributed by atoms with van der Waals surface area (Å²) < 4.78 is 1.11. The highest BCUT2D eigenvalue weighted by atomic mass is 79.9. The van der Waals surface area contributed by atoms with Crippen molar-refractivity contribution in [3.05, 3.63) is 33.3 Å². The molecule has 0 saturated carbocycles. The molecule has 114 valence electrons. The van der Waals surface area contributed by atoms with Crippen molar-refractivity contribution in [3.8, 4) is 0 Å². The van der Waals surface area contributed by atoms with Gasteiger partial charge in [-0.05, 0) is 30.7 Å². The van der Waals surface area contributed by atoms with Gasteiger partial charge >= 0.3 is 0 Å². The van der Waals surface area contributed by atoms with E-state index in [1.54, 1.807) is 0 Å². The fraction of sp³-hybridized carbons (Fsp3) is 0.647. The van der Waals surface area contributed by atoms with Gasteiger partial charge < -0.3 is 5.32 Å². The van der Waals surface area contributed by atoms with Gasteiger partial charge in [0.1, 0.15) is 0 Å². The van der Waals surface area contributed by atoms with Crippen molar-refractivity contribution in [2.45, 2.75) is 64.8 Å². The average Bonchev–Trinajstić information content (AvgIpc) is 2.42. The first-order valence-electron chi connectivity index (χ1n) is 7.87. The lowest BCUT2D eigenvalue weighted by Gasteiger charge is -2.20. The van der Waals surface area contributed by atoms with Crippen LogP contribution in [0, 0.1) is 0 Å². The van der Waals surface area contributed by atoms with Crippen molar-refractivity contribution in [1.82, 2.24) is 5.32 Å². The number of hydrogen-bond donors (Lipinski definition) is 1. The van der Waals surface area contributed by atoms with E-state index in [2.05, 4.69) is 41.2 Å². The molecule has 0 aliphatic heterocycles. The quantitative estimate of drug-likeness (QED) is 0.469. The highest BCUT2D eigenvalue weighted by Gasteiger charge is 2.13. The van der Waals surface area contributed by atoms with Crippen LogP contribution < -0.4 is 5.32 Å². The Morgan fingerprint density at radius 1 is 1.10 bits per heavy atom. The smallest absolute Gasteiger partial charge is 0.0417 e. The van der Waals surface area contributed by atoms with E-state index in [1.165, 1.54) is 50.5 Å². The summed E-state index contributed by atoms with van der Waals surface area (Å²) in [5.74, 6) is 0. The molecule has 1 nitrogen and oxygen atoms in total. The summed E-state index contributed by atoms with van der Waals surface area (Å²) in [5.41, 5.74) is 1.32. The highest BCUT2D eigenvalue weighted by molar-refractivity contribution is 9.10. The van der Waals surface area contributed by atoms with E-state index < -0.39 is 0 Å². The summed E-state index contributed by atoms with van der Waals surface area (Å²) in [6.07, 6.45) is 9.27. The third kappa shape index (κ3) is 6.60. The number of benzene rings is 1. The maximum atomic E-state index is 6.02. The van der Waals surface area contributed by atoms with Crippen LogP contribution in [0.2, 0.25) is 5.02 Å². The van der Waals surface area contributed by atoms with Crippen molar-refractivity contribution in [1.29, 1.82) is 0 Å². The molecule has 0 spiro atoms. The normalized spacial score (nSPS) is 12.6. The van der Waals surface area contributed by atoms with Crippen LogP contribution in [0.3, 0.4) is 0 Å². The van der Waals surface area contributed by atoms with Crippen LogP contribution in [-0.4, -0.2) is 6.54 Å². The van der Waals surface area contributed by atoms with Crippen LogP contribution in [0.25, 0.3) is 0 Å². The van der Waals surface area contributed by atoms with Crippen LogP contribution >= 0.6 is 27.5 Å². The molecule has 0 fully saturated rings. The largest absolute Gasteiger partial charge is 0.310 e. The molecule has 1 unspecified atom stereocenters. The standard InChI is InChI=1S/C17H27BrClN/c1-3-5-6-7-8-9-10-17(20-4-2)15-12-11-14(19)13-16(15)18/h11-13,17,20H,3-10H2,1-2H3. The lowest BCUT2D eigenvalue weighted by Crippen LogP contribution is -2.21. The van der Waals surface area contributed by atoms with Crippen LogP contribution in [-0.2, 0) is 0 Å². The summed E-state index contributed by atoms with van der Waals surface area (Å²) in [6.45, 7) is 5.42. The van der Waals surface area contributed by atoms with E-state index in [9.17, 15) is 0 Å². The molecular formula is C17H27BrClN. The molecule has 0 aliphatic rings. The Morgan fingerprint density at radius 2 is 1.80 bits per heavy atom. The molecule has 0 aliphatic carbocycles. The molecule has 0 bridgehead atoms. The van der Waals surface area contributed by atoms with Gasteiger partial charge in [0.25, 0.3) is 0 Å². The molecule has 0 heterocycles. The van der Waals surface area contributed by atoms with Gasteiger partial charge in [-0.25, -0.2) is 0 Å². The van der Waals surface area contributed by atoms with Crippen LogP contribution in [0.5, 0.6) is 0 Å². The number of halogens is 2. The summed E-state index contributed by atoms with van der Waals surface area (Å²) in [5, 5.41) is 4.38. The van der Waals surface area contributed by atoms with E-state index in [0.717, 1.165) is 16.0 Å². The zero-order chi connectivity index (χ0) is 14.8. The van der Waals surface area contributed by atoms with Crippen molar-refractivity contribution in [2.24, 2.45) is 0 Å². The predicted molar refractivity (Wildman–Crippen MR) is 93.6 cm³/mol. The van der Waals surface area contributed by atoms with Gasteiger partial charge in [0.15, 0.2) is 0 Å². The molecule has 0 aromatic heterocycles. The number of rotatable bonds is 10. The Kier molecular flexibility index (Phi) is 9.58. The van der Waals surface area contributed by atoms with Crippen LogP contribution in [0.1, 0.15) is 70.4 Å². The summed E-state index contributed by atoms with van der Waals surface area (Å²) >= 11 is 9.66. The minimum absolute atomic E-state index is 0.429. The topological polar surface area (TPSA) is 12.0 Å². The second kappa shape index (κ2) is 10.6. The van der Waals surface area contributed by atoms with Gasteiger partial charge in [0, 0.05) is 15.5 Å². The van der Waals surface area contributed by atoms with E-state index in [1.807, 2.05) is 12.1 Å². The Balaban J connectivity index is 2.47. The zero-order valence-electron chi connectivity index (χ0n) is 12.7. The number of nitrogens with one attached hydrogen (secondary N) is 1. The number of unbranched alkanes of at least 4 members (excludes halogenated alkanes) is 5. The van der Waals surface area contributed by atoms with Crippen molar-refractivity contribution < 1.29 is 0 Å². The lowest BCUT2D eigenvalue weighted by molar-refractivity contribution is 0.476. The van der Waals surface area contributed by atoms with Gasteiger partial charge in [-0.3, -0.25) is 0 Å². The first kappa shape index (κ1) is 18.0. The molecule has 3 heteroatoms. The van der Waals surface area contributed by atoms with E-state index >= 15 is 0 Å². The summed E-state index contributed by atoms with van der Waals surface area (Å²) in [6, 6.07) is 6.53. The van der Waals surface area contributed by atoms with Gasteiger partial charge in [0.05, 0.1) is 0 Å². The van der Waals surface area contributed by atoms with Gasteiger partial charge in [-0.2, -0.15) is 0 Å². The third-order valence-corrected chi connectivity index (χ3v) is 4.56. The fourth-order valence-corrected chi connectivity index (χ4v) is 3.49. The minimum Gasteiger partial charge on any atom is -0.310 e. The van der Waals surface area contributed by atoms with Gasteiger partial charge in [-0.1, -0.05) is 86.0 Å². The molecule has 0 radical (unpaired) electrons. The fourth-order valence-electron chi connectivity index (χ4n) is 2.53. The van der Waals surface area contributed by atoms with Crippen LogP contribution in [0.4, 0.5) is 0 Å². The third-order valence-electron chi connectivity index (χ3n) is 3.63. The Hall–Kier alpha value is -0.0500. The molecule has 1 atom stereocenters. The van der Waals surface area contributed by atoms with Gasteiger partial charge in [0.2, 0.25) is 0 Å². The Morgan fingerprint density at radius 3 is 2.45 bits per heavy atom. The first-order chi connectivity index (χ1) is 9.69. The maximum absolute atomic E-state index is 6.02. The predicted octanol–water partition coefficient (Wildman–Crippen LogP) is 6.50. The maximum Gasteiger partial charge on any atom is 0.0417 e. The van der Waals surface area contributed by atoms with E-state index in [4.69, 9.17) is 11.6 Å². The second-order valence-corrected chi connectivity index (χ2v) is 6.62. The number of hydrogen-bond acceptors (Lipinski definition) is 1. The first-order valence-corrected chi connectivity index (χ1v) is 9.04. The Labute approximate surface area is 137 Å². The molecule has 1 N–H and O–H groups in total. The van der Waals surface area contributed by atoms with Crippen molar-refractivity contribution >= 4 is 27.5 Å². The zero-order valence-corrected chi connectivity index (χ0v) is 15.1. The van der Waals surface area contributed by atoms with Gasteiger partial charge in [-0.15, -0.1) is 0 Å².